The fourth-order valence-corrected chi connectivity index (χ4v) is 7.24. The van der Waals surface area contributed by atoms with Gasteiger partial charge in [-0.3, -0.25) is 9.78 Å². The Hall–Kier alpha value is -7.72. The molecule has 8 aromatic carbocycles. The molecule has 8 aromatic rings. The predicted molar refractivity (Wildman–Crippen MR) is 219 cm³/mol. The number of hydrogen-bond acceptors (Lipinski definition) is 10. The van der Waals surface area contributed by atoms with Gasteiger partial charge in [0.15, 0.2) is 11.5 Å². The molecule has 290 valence electrons. The summed E-state index contributed by atoms with van der Waals surface area (Å²) in [6.07, 6.45) is 1.24. The fraction of sp³-hybridized carbons (Fsp3) is 0.0833. The van der Waals surface area contributed by atoms with Crippen LogP contribution in [0.3, 0.4) is 0 Å². The van der Waals surface area contributed by atoms with Crippen molar-refractivity contribution in [1.29, 1.82) is 0 Å². The Morgan fingerprint density at radius 3 is 1.31 bits per heavy atom. The first-order valence-electron chi connectivity index (χ1n) is 18.5. The highest BCUT2D eigenvalue weighted by Gasteiger charge is 2.20. The molecule has 0 fully saturated rings. The number of rotatable bonds is 11. The Kier molecular flexibility index (Phi) is 9.90. The minimum absolute atomic E-state index is 0.0790. The van der Waals surface area contributed by atoms with Gasteiger partial charge in [-0.05, 0) is 98.8 Å². The monoisotopic (exact) mass is 774 g/mol. The first-order chi connectivity index (χ1) is 28.0. The standard InChI is InChI=1S/C48H38O10/c49-34-12-1-27(2-13-34)21-33-11-20-38-39(42(52)26-43(53)45(38)47(33)55)23-30-7-18-37(19-8-30)58-57-36-16-5-28(6-17-36)22-32-10-9-31-25-41(51)40(48(56)44(31)46(32)54)24-29-3-14-35(50)15-4-29/h1-20,25-26,49-56H,21-24H2. The van der Waals surface area contributed by atoms with Gasteiger partial charge in [0, 0.05) is 42.9 Å². The molecule has 10 heteroatoms. The van der Waals surface area contributed by atoms with Crippen LogP contribution in [0, 0.1) is 0 Å². The van der Waals surface area contributed by atoms with Crippen LogP contribution < -0.4 is 9.78 Å². The molecule has 0 amide bonds. The van der Waals surface area contributed by atoms with Crippen LogP contribution in [-0.4, -0.2) is 40.9 Å². The molecule has 0 unspecified atom stereocenters. The minimum Gasteiger partial charge on any atom is -0.508 e. The summed E-state index contributed by atoms with van der Waals surface area (Å²) >= 11 is 0. The van der Waals surface area contributed by atoms with E-state index in [4.69, 9.17) is 9.78 Å². The van der Waals surface area contributed by atoms with Gasteiger partial charge in [-0.2, -0.15) is 0 Å². The molecule has 8 N–H and O–H groups in total. The zero-order valence-electron chi connectivity index (χ0n) is 30.9. The molecule has 0 saturated heterocycles. The number of benzene rings is 8. The number of hydrogen-bond donors (Lipinski definition) is 8. The summed E-state index contributed by atoms with van der Waals surface area (Å²) in [6.45, 7) is 0. The molecular formula is C48H38O10. The second-order valence-electron chi connectivity index (χ2n) is 14.3. The summed E-state index contributed by atoms with van der Waals surface area (Å²) in [5.74, 6) is 0.320. The summed E-state index contributed by atoms with van der Waals surface area (Å²) in [7, 11) is 0. The lowest BCUT2D eigenvalue weighted by molar-refractivity contribution is -0.0999. The van der Waals surface area contributed by atoms with Crippen LogP contribution >= 0.6 is 0 Å². The average Bonchev–Trinajstić information content (AvgIpc) is 3.21. The summed E-state index contributed by atoms with van der Waals surface area (Å²) in [6, 6.07) is 37.1. The van der Waals surface area contributed by atoms with Crippen molar-refractivity contribution in [3.63, 3.8) is 0 Å². The highest BCUT2D eigenvalue weighted by molar-refractivity contribution is 5.99. The highest BCUT2D eigenvalue weighted by atomic mass is 17.2. The zero-order valence-corrected chi connectivity index (χ0v) is 30.9. The minimum atomic E-state index is -0.235. The molecular weight excluding hydrogens is 737 g/mol. The van der Waals surface area contributed by atoms with E-state index in [1.165, 1.54) is 24.3 Å². The van der Waals surface area contributed by atoms with Gasteiger partial charge < -0.3 is 40.9 Å². The number of phenolic OH excluding ortho intramolecular Hbond substituents is 8. The molecule has 0 aliphatic carbocycles. The van der Waals surface area contributed by atoms with E-state index in [1.807, 2.05) is 24.3 Å². The van der Waals surface area contributed by atoms with Gasteiger partial charge in [-0.15, -0.1) is 0 Å². The van der Waals surface area contributed by atoms with E-state index < -0.39 is 0 Å². The van der Waals surface area contributed by atoms with Gasteiger partial charge in [-0.1, -0.05) is 72.8 Å². The van der Waals surface area contributed by atoms with Gasteiger partial charge in [0.1, 0.15) is 46.0 Å². The molecule has 0 spiro atoms. The lowest BCUT2D eigenvalue weighted by atomic mass is 9.93. The van der Waals surface area contributed by atoms with Crippen molar-refractivity contribution in [2.45, 2.75) is 25.7 Å². The lowest BCUT2D eigenvalue weighted by Crippen LogP contribution is -2.01. The number of fused-ring (bicyclic) bond motifs is 2. The molecule has 0 radical (unpaired) electrons. The normalized spacial score (nSPS) is 11.2. The maximum absolute atomic E-state index is 11.3. The molecule has 8 rings (SSSR count). The van der Waals surface area contributed by atoms with Gasteiger partial charge in [-0.25, -0.2) is 0 Å². The smallest absolute Gasteiger partial charge is 0.178 e. The first-order valence-corrected chi connectivity index (χ1v) is 18.5. The SMILES string of the molecule is Oc1ccc(Cc2ccc3c(Cc4ccc(OOc5ccc(Cc6ccc7cc(O)c(Cc8ccc(O)cc8)c(O)c7c6O)cc5)cc4)c(O)cc(O)c3c2O)cc1. The Labute approximate surface area is 332 Å². The van der Waals surface area contributed by atoms with Crippen molar-refractivity contribution < 1.29 is 50.6 Å². The van der Waals surface area contributed by atoms with Crippen molar-refractivity contribution in [1.82, 2.24) is 0 Å². The topological polar surface area (TPSA) is 180 Å². The third-order valence-corrected chi connectivity index (χ3v) is 10.3. The molecule has 0 saturated carbocycles. The molecule has 0 aliphatic heterocycles. The van der Waals surface area contributed by atoms with E-state index in [1.54, 1.807) is 84.9 Å². The van der Waals surface area contributed by atoms with Crippen molar-refractivity contribution in [2.24, 2.45) is 0 Å². The highest BCUT2D eigenvalue weighted by Crippen LogP contribution is 2.44. The summed E-state index contributed by atoms with van der Waals surface area (Å²) in [5, 5.41) is 86.5. The van der Waals surface area contributed by atoms with Crippen molar-refractivity contribution >= 4 is 21.5 Å². The number of aromatic hydroxyl groups is 8. The molecule has 58 heavy (non-hydrogen) atoms. The Balaban J connectivity index is 0.921. The molecule has 0 heterocycles. The Bertz CT molecular complexity index is 2780. The van der Waals surface area contributed by atoms with Crippen molar-refractivity contribution in [2.75, 3.05) is 0 Å². The van der Waals surface area contributed by atoms with Crippen LogP contribution in [0.5, 0.6) is 57.5 Å². The van der Waals surface area contributed by atoms with E-state index >= 15 is 0 Å². The Morgan fingerprint density at radius 1 is 0.345 bits per heavy atom. The fourth-order valence-electron chi connectivity index (χ4n) is 7.24. The third kappa shape index (κ3) is 7.59. The largest absolute Gasteiger partial charge is 0.508 e. The molecule has 10 nitrogen and oxygen atoms in total. The first kappa shape index (κ1) is 37.2. The maximum atomic E-state index is 11.3. The van der Waals surface area contributed by atoms with Gasteiger partial charge >= 0.3 is 0 Å². The summed E-state index contributed by atoms with van der Waals surface area (Å²) < 4.78 is 0. The Morgan fingerprint density at radius 2 is 0.776 bits per heavy atom. The maximum Gasteiger partial charge on any atom is 0.178 e. The average molecular weight is 775 g/mol. The van der Waals surface area contributed by atoms with Gasteiger partial charge in [0.05, 0.1) is 10.8 Å². The van der Waals surface area contributed by atoms with Crippen molar-refractivity contribution in [3.8, 4) is 57.5 Å². The predicted octanol–water partition coefficient (Wildman–Crippen LogP) is 9.37. The van der Waals surface area contributed by atoms with E-state index in [2.05, 4.69) is 0 Å². The van der Waals surface area contributed by atoms with Crippen LogP contribution in [0.4, 0.5) is 0 Å². The second-order valence-corrected chi connectivity index (χ2v) is 14.3. The molecule has 0 atom stereocenters. The second kappa shape index (κ2) is 15.4. The van der Waals surface area contributed by atoms with E-state index in [0.29, 0.717) is 58.2 Å². The van der Waals surface area contributed by atoms with Gasteiger partial charge in [0.2, 0.25) is 0 Å². The van der Waals surface area contributed by atoms with Gasteiger partial charge in [0.25, 0.3) is 0 Å². The van der Waals surface area contributed by atoms with E-state index in [9.17, 15) is 40.9 Å². The number of phenols is 8. The van der Waals surface area contributed by atoms with Crippen LogP contribution in [-0.2, 0) is 25.7 Å². The van der Waals surface area contributed by atoms with Crippen LogP contribution in [0.25, 0.3) is 21.5 Å². The quantitative estimate of drug-likeness (QED) is 0.0466. The summed E-state index contributed by atoms with van der Waals surface area (Å²) in [5.41, 5.74) is 5.31. The lowest BCUT2D eigenvalue weighted by Gasteiger charge is -2.15. The van der Waals surface area contributed by atoms with Crippen LogP contribution in [0.15, 0.2) is 133 Å². The zero-order chi connectivity index (χ0) is 40.5. The van der Waals surface area contributed by atoms with Crippen molar-refractivity contribution in [3.05, 3.63) is 178 Å². The van der Waals surface area contributed by atoms with E-state index in [0.717, 1.165) is 22.3 Å². The molecule has 0 bridgehead atoms. The summed E-state index contributed by atoms with van der Waals surface area (Å²) in [4.78, 5) is 11.1. The molecule has 0 aromatic heterocycles. The van der Waals surface area contributed by atoms with Crippen LogP contribution in [0.1, 0.15) is 44.5 Å². The van der Waals surface area contributed by atoms with E-state index in [-0.39, 0.29) is 68.8 Å². The third-order valence-electron chi connectivity index (χ3n) is 10.3. The van der Waals surface area contributed by atoms with Crippen LogP contribution in [0.2, 0.25) is 0 Å². The molecule has 0 aliphatic rings.